The maximum Gasteiger partial charge on any atom is 0.326 e. The summed E-state index contributed by atoms with van der Waals surface area (Å²) in [5.74, 6) is -10.6. The summed E-state index contributed by atoms with van der Waals surface area (Å²) in [7, 11) is 0. The van der Waals surface area contributed by atoms with Crippen molar-refractivity contribution in [2.75, 3.05) is 0 Å². The molecule has 0 saturated carbocycles. The van der Waals surface area contributed by atoms with Crippen molar-refractivity contribution in [3.8, 4) is 0 Å². The smallest absolute Gasteiger partial charge is 0.326 e. The number of carboxylic acids is 3. The van der Waals surface area contributed by atoms with Gasteiger partial charge < -0.3 is 53.0 Å². The van der Waals surface area contributed by atoms with Crippen molar-refractivity contribution in [2.45, 2.75) is 163 Å². The lowest BCUT2D eigenvalue weighted by atomic mass is 9.95. The van der Waals surface area contributed by atoms with Crippen LogP contribution in [0.15, 0.2) is 0 Å². The van der Waals surface area contributed by atoms with Gasteiger partial charge in [-0.1, -0.05) is 88.5 Å². The van der Waals surface area contributed by atoms with Crippen LogP contribution in [0.25, 0.3) is 0 Å². The lowest BCUT2D eigenvalue weighted by Gasteiger charge is -2.31. The minimum absolute atomic E-state index is 0.0613. The fourth-order valence-corrected chi connectivity index (χ4v) is 5.85. The van der Waals surface area contributed by atoms with Crippen LogP contribution >= 0.6 is 0 Å². The van der Waals surface area contributed by atoms with Crippen LogP contribution in [0.4, 0.5) is 0 Å². The molecule has 6 amide bonds. The number of carboxylic acid groups (broad SMARTS) is 3. The van der Waals surface area contributed by atoms with E-state index in [-0.39, 0.29) is 37.5 Å². The number of amides is 6. The summed E-state index contributed by atoms with van der Waals surface area (Å²) in [6, 6.07) is -9.14. The Hall–Kier alpha value is -4.81. The van der Waals surface area contributed by atoms with Crippen molar-refractivity contribution in [2.24, 2.45) is 35.3 Å². The highest BCUT2D eigenvalue weighted by Gasteiger charge is 2.37. The molecule has 0 radical (unpaired) electrons. The van der Waals surface area contributed by atoms with Crippen molar-refractivity contribution in [3.63, 3.8) is 0 Å². The van der Waals surface area contributed by atoms with Gasteiger partial charge in [-0.05, 0) is 48.9 Å². The highest BCUT2D eigenvalue weighted by atomic mass is 16.4. The van der Waals surface area contributed by atoms with E-state index in [0.29, 0.717) is 19.3 Å². The predicted octanol–water partition coefficient (Wildman–Crippen LogP) is 0.877. The topological polar surface area (TPSA) is 313 Å². The summed E-state index contributed by atoms with van der Waals surface area (Å²) in [4.78, 5) is 116. The molecule has 0 aliphatic rings. The summed E-state index contributed by atoms with van der Waals surface area (Å²) in [6.07, 6.45) is -0.0305. The fraction of sp³-hybridized carbons (Fsp3) is 0.769. The monoisotopic (exact) mass is 828 g/mol. The van der Waals surface area contributed by atoms with Gasteiger partial charge in [0.15, 0.2) is 0 Å². The van der Waals surface area contributed by atoms with Crippen molar-refractivity contribution < 1.29 is 58.5 Å². The van der Waals surface area contributed by atoms with Crippen molar-refractivity contribution >= 4 is 53.4 Å². The van der Waals surface area contributed by atoms with E-state index in [1.165, 1.54) is 0 Å². The zero-order valence-electron chi connectivity index (χ0n) is 35.7. The minimum atomic E-state index is -1.71. The van der Waals surface area contributed by atoms with E-state index in [1.54, 1.807) is 69.2 Å². The molecular formula is C39H69N7O12. The molecule has 0 spiro atoms. The lowest BCUT2D eigenvalue weighted by molar-refractivity contribution is -0.144. The average Bonchev–Trinajstić information content (AvgIpc) is 3.13. The Morgan fingerprint density at radius 3 is 1.17 bits per heavy atom. The molecule has 0 aromatic rings. The molecule has 10 atom stereocenters. The van der Waals surface area contributed by atoms with Crippen LogP contribution in [0, 0.1) is 29.6 Å². The summed E-state index contributed by atoms with van der Waals surface area (Å²) < 4.78 is 0. The quantitative estimate of drug-likeness (QED) is 0.0525. The van der Waals surface area contributed by atoms with Gasteiger partial charge in [0, 0.05) is 6.42 Å². The van der Waals surface area contributed by atoms with Crippen molar-refractivity contribution in [1.29, 1.82) is 0 Å². The second-order valence-corrected chi connectivity index (χ2v) is 16.0. The Morgan fingerprint density at radius 2 is 0.810 bits per heavy atom. The van der Waals surface area contributed by atoms with Crippen LogP contribution in [0.5, 0.6) is 0 Å². The summed E-state index contributed by atoms with van der Waals surface area (Å²) >= 11 is 0. The number of carbonyl (C=O) groups excluding carboxylic acids is 6. The Morgan fingerprint density at radius 1 is 0.466 bits per heavy atom. The van der Waals surface area contributed by atoms with Crippen LogP contribution in [-0.2, 0) is 43.2 Å². The Balaban J connectivity index is 6.42. The fourth-order valence-electron chi connectivity index (χ4n) is 5.85. The molecule has 0 heterocycles. The van der Waals surface area contributed by atoms with Gasteiger partial charge in [-0.15, -0.1) is 0 Å². The molecule has 0 aromatic carbocycles. The van der Waals surface area contributed by atoms with Gasteiger partial charge in [0.1, 0.15) is 36.3 Å². The van der Waals surface area contributed by atoms with Crippen molar-refractivity contribution in [3.05, 3.63) is 0 Å². The molecule has 0 bridgehead atoms. The van der Waals surface area contributed by atoms with E-state index >= 15 is 0 Å². The number of nitrogens with two attached hydrogens (primary N) is 1. The van der Waals surface area contributed by atoms with Crippen molar-refractivity contribution in [1.82, 2.24) is 31.9 Å². The van der Waals surface area contributed by atoms with Crippen LogP contribution in [0.1, 0.15) is 121 Å². The third-order valence-corrected chi connectivity index (χ3v) is 10.1. The third kappa shape index (κ3) is 19.1. The van der Waals surface area contributed by atoms with Gasteiger partial charge in [0.05, 0.1) is 12.5 Å². The van der Waals surface area contributed by atoms with Gasteiger partial charge in [0.25, 0.3) is 0 Å². The zero-order chi connectivity index (χ0) is 45.0. The first-order valence-corrected chi connectivity index (χ1v) is 20.1. The molecule has 0 aliphatic heterocycles. The summed E-state index contributed by atoms with van der Waals surface area (Å²) in [6.45, 7) is 17.4. The first kappa shape index (κ1) is 53.2. The summed E-state index contributed by atoms with van der Waals surface area (Å²) in [5, 5.41) is 43.6. The standard InChI is InChI=1S/C39H69N7O12/c1-11-21(8)30(44-33(51)24(40)14-15-28(47)48)37(55)42-26(17-20(6)7)35(53)45-31(22(9)12-2)38(56)43-27(18-29(49)50)34(52)41-25(16-19(4)5)36(54)46-32(39(57)58)23(10)13-3/h19-27,30-32H,11-18,40H2,1-10H3,(H,41,52)(H,42,55)(H,43,56)(H,44,51)(H,45,53)(H,46,54)(H,47,48)(H,49,50)(H,57,58)/t21-,22-,23-,24-,25+,26+,27-,30-,31-,32-/m0/s1. The lowest BCUT2D eigenvalue weighted by Crippen LogP contribution is -2.61. The minimum Gasteiger partial charge on any atom is -0.481 e. The van der Waals surface area contributed by atoms with E-state index in [9.17, 15) is 53.4 Å². The molecule has 0 aromatic heterocycles. The highest BCUT2D eigenvalue weighted by Crippen LogP contribution is 2.15. The largest absolute Gasteiger partial charge is 0.481 e. The maximum atomic E-state index is 13.9. The Labute approximate surface area is 341 Å². The van der Waals surface area contributed by atoms with E-state index in [0.717, 1.165) is 0 Å². The molecule has 0 saturated heterocycles. The van der Waals surface area contributed by atoms with Gasteiger partial charge in [-0.25, -0.2) is 4.79 Å². The maximum absolute atomic E-state index is 13.9. The molecule has 0 fully saturated rings. The first-order chi connectivity index (χ1) is 26.9. The number of nitrogens with one attached hydrogen (secondary N) is 6. The first-order valence-electron chi connectivity index (χ1n) is 20.1. The summed E-state index contributed by atoms with van der Waals surface area (Å²) in [5.41, 5.74) is 5.87. The average molecular weight is 828 g/mol. The Bertz CT molecular complexity index is 1420. The molecule has 332 valence electrons. The van der Waals surface area contributed by atoms with Gasteiger partial charge in [-0.2, -0.15) is 0 Å². The number of hydrogen-bond acceptors (Lipinski definition) is 10. The predicted molar refractivity (Wildman–Crippen MR) is 214 cm³/mol. The van der Waals surface area contributed by atoms with Gasteiger partial charge in [-0.3, -0.25) is 38.4 Å². The number of hydrogen-bond donors (Lipinski definition) is 10. The van der Waals surface area contributed by atoms with Gasteiger partial charge >= 0.3 is 17.9 Å². The molecule has 0 rings (SSSR count). The SMILES string of the molecule is CC[C@H](C)[C@H](NC(=O)[C@@H](CC(C)C)NC(=O)[C@H](CC(=O)O)NC(=O)[C@@H](NC(=O)[C@@H](CC(C)C)NC(=O)[C@@H](NC(=O)[C@@H](N)CCC(=O)O)[C@@H](C)CC)[C@@H](C)CC)C(=O)O. The normalized spacial score (nSPS) is 16.5. The molecule has 58 heavy (non-hydrogen) atoms. The van der Waals surface area contributed by atoms with Crippen LogP contribution in [0.2, 0.25) is 0 Å². The van der Waals surface area contributed by atoms with E-state index in [1.807, 2.05) is 0 Å². The second-order valence-electron chi connectivity index (χ2n) is 16.0. The van der Waals surface area contributed by atoms with Crippen LogP contribution in [0.3, 0.4) is 0 Å². The van der Waals surface area contributed by atoms with E-state index in [2.05, 4.69) is 31.9 Å². The third-order valence-electron chi connectivity index (χ3n) is 10.1. The highest BCUT2D eigenvalue weighted by molar-refractivity contribution is 5.98. The zero-order valence-corrected chi connectivity index (χ0v) is 35.7. The molecule has 19 heteroatoms. The molecule has 0 aliphatic carbocycles. The van der Waals surface area contributed by atoms with Crippen LogP contribution < -0.4 is 37.6 Å². The molecule has 0 unspecified atom stereocenters. The number of carbonyl (C=O) groups is 9. The number of rotatable bonds is 28. The molecule has 19 nitrogen and oxygen atoms in total. The van der Waals surface area contributed by atoms with E-state index < -0.39 is 120 Å². The van der Waals surface area contributed by atoms with E-state index in [4.69, 9.17) is 10.8 Å². The Kier molecular flexibility index (Phi) is 24.1. The molecular weight excluding hydrogens is 758 g/mol. The number of aliphatic carboxylic acids is 3. The van der Waals surface area contributed by atoms with Gasteiger partial charge in [0.2, 0.25) is 35.4 Å². The van der Waals surface area contributed by atoms with Crippen LogP contribution in [-0.4, -0.2) is 111 Å². The molecule has 11 N–H and O–H groups in total. The second kappa shape index (κ2) is 26.2.